The molecule has 13 rings (SSSR count). The van der Waals surface area contributed by atoms with Gasteiger partial charge in [0.05, 0.1) is 22.2 Å². The van der Waals surface area contributed by atoms with Gasteiger partial charge >= 0.3 is 0 Å². The van der Waals surface area contributed by atoms with Crippen molar-refractivity contribution in [2.45, 2.75) is 12.8 Å². The Labute approximate surface area is 340 Å². The molecule has 10 aromatic rings. The van der Waals surface area contributed by atoms with E-state index in [-0.39, 0.29) is 0 Å². The maximum atomic E-state index is 6.38. The predicted octanol–water partition coefficient (Wildman–Crippen LogP) is 13.9. The van der Waals surface area contributed by atoms with E-state index in [1.54, 1.807) is 0 Å². The van der Waals surface area contributed by atoms with Crippen LogP contribution in [-0.4, -0.2) is 14.1 Å². The Morgan fingerprint density at radius 3 is 2.24 bits per heavy atom. The Hall–Kier alpha value is -7.87. The molecule has 0 bridgehead atoms. The molecular weight excluding hydrogens is 719 g/mol. The van der Waals surface area contributed by atoms with Gasteiger partial charge in [0.1, 0.15) is 17.2 Å². The Morgan fingerprint density at radius 1 is 0.593 bits per heavy atom. The van der Waals surface area contributed by atoms with Gasteiger partial charge in [0.2, 0.25) is 0 Å². The predicted molar refractivity (Wildman–Crippen MR) is 241 cm³/mol. The van der Waals surface area contributed by atoms with Crippen LogP contribution in [0.4, 0.5) is 0 Å². The lowest BCUT2D eigenvalue weighted by molar-refractivity contribution is 0.603. The van der Waals surface area contributed by atoms with Crippen molar-refractivity contribution in [1.82, 2.24) is 14.1 Å². The number of nitrogens with zero attached hydrogens (tertiary/aromatic N) is 3. The number of benzene rings is 7. The first-order chi connectivity index (χ1) is 29.3. The first kappa shape index (κ1) is 32.2. The Kier molecular flexibility index (Phi) is 6.73. The van der Waals surface area contributed by atoms with E-state index in [4.69, 9.17) is 9.40 Å². The van der Waals surface area contributed by atoms with Crippen LogP contribution in [0.3, 0.4) is 0 Å². The minimum atomic E-state index is 0.822. The molecule has 0 spiro atoms. The lowest BCUT2D eigenvalue weighted by Gasteiger charge is -2.21. The van der Waals surface area contributed by atoms with Gasteiger partial charge in [-0.2, -0.15) is 0 Å². The highest BCUT2D eigenvalue weighted by atomic mass is 16.3. The average Bonchev–Trinajstić information content (AvgIpc) is 3.96. The van der Waals surface area contributed by atoms with Crippen LogP contribution < -0.4 is 0 Å². The number of imidazole rings is 1. The minimum absolute atomic E-state index is 0.822. The molecule has 0 saturated carbocycles. The molecule has 274 valence electrons. The third-order valence-electron chi connectivity index (χ3n) is 12.4. The first-order valence-corrected chi connectivity index (χ1v) is 20.3. The fourth-order valence-corrected chi connectivity index (χ4v) is 9.85. The number of aromatic nitrogens is 3. The standard InChI is InChI=1S/C55H33N3O/c1-2-14-37(15-3-1)57-49-25-10-8-23-47(49)56-55(57)35-30-28-34(29-31-35)36-32-45-39-17-5-4-16-38(39)42-21-12-22-43(41-20-13-27-51-52(41)44-19-7-11-26-50(44)59-51)53(42)58-48-24-9-6-18-40(48)46(33-36)54(45)58/h1-8,10-12,14-19,21-23,25-33H,9,24H2. The van der Waals surface area contributed by atoms with Crippen LogP contribution in [0.15, 0.2) is 180 Å². The fourth-order valence-electron chi connectivity index (χ4n) is 9.85. The second kappa shape index (κ2) is 12.3. The quantitative estimate of drug-likeness (QED) is 0.168. The Morgan fingerprint density at radius 2 is 1.34 bits per heavy atom. The summed E-state index contributed by atoms with van der Waals surface area (Å²) in [4.78, 5) is 5.14. The zero-order valence-corrected chi connectivity index (χ0v) is 31.9. The van der Waals surface area contributed by atoms with Crippen LogP contribution in [0.25, 0.3) is 107 Å². The second-order valence-corrected chi connectivity index (χ2v) is 15.6. The summed E-state index contributed by atoms with van der Waals surface area (Å²) in [5.41, 5.74) is 27.5. The minimum Gasteiger partial charge on any atom is -0.455 e. The molecule has 0 atom stereocenters. The van der Waals surface area contributed by atoms with E-state index in [9.17, 15) is 0 Å². The molecule has 0 radical (unpaired) electrons. The normalized spacial score (nSPS) is 13.3. The van der Waals surface area contributed by atoms with E-state index in [0.29, 0.717) is 0 Å². The third-order valence-corrected chi connectivity index (χ3v) is 12.4. The number of rotatable bonds is 4. The summed E-state index contributed by atoms with van der Waals surface area (Å²) >= 11 is 0. The molecule has 1 aliphatic heterocycles. The molecule has 0 fully saturated rings. The summed E-state index contributed by atoms with van der Waals surface area (Å²) in [5.74, 6) is 1.75. The summed E-state index contributed by atoms with van der Waals surface area (Å²) in [5, 5.41) is 2.35. The van der Waals surface area contributed by atoms with E-state index in [1.807, 2.05) is 18.2 Å². The van der Waals surface area contributed by atoms with Gasteiger partial charge in [-0.05, 0) is 77.6 Å². The largest absolute Gasteiger partial charge is 0.455 e. The van der Waals surface area contributed by atoms with Gasteiger partial charge in [-0.3, -0.25) is 4.57 Å². The van der Waals surface area contributed by atoms with Crippen molar-refractivity contribution in [2.75, 3.05) is 0 Å². The average molecular weight is 752 g/mol. The van der Waals surface area contributed by atoms with Crippen LogP contribution in [-0.2, 0) is 6.42 Å². The van der Waals surface area contributed by atoms with Crippen LogP contribution in [0.5, 0.6) is 0 Å². The van der Waals surface area contributed by atoms with E-state index in [0.717, 1.165) is 74.4 Å². The smallest absolute Gasteiger partial charge is 0.145 e. The molecule has 0 N–H and O–H groups in total. The number of para-hydroxylation sites is 5. The van der Waals surface area contributed by atoms with Crippen molar-refractivity contribution in [3.63, 3.8) is 0 Å². The van der Waals surface area contributed by atoms with Crippen LogP contribution in [0.2, 0.25) is 0 Å². The molecule has 0 unspecified atom stereocenters. The highest BCUT2D eigenvalue weighted by Crippen LogP contribution is 2.51. The monoisotopic (exact) mass is 751 g/mol. The van der Waals surface area contributed by atoms with E-state index >= 15 is 0 Å². The Bertz CT molecular complexity index is 3560. The molecule has 0 amide bonds. The van der Waals surface area contributed by atoms with Crippen molar-refractivity contribution in [3.8, 4) is 56.1 Å². The van der Waals surface area contributed by atoms with Crippen molar-refractivity contribution >= 4 is 50.6 Å². The lowest BCUT2D eigenvalue weighted by Crippen LogP contribution is -2.07. The Balaban J connectivity index is 1.04. The van der Waals surface area contributed by atoms with Crippen LogP contribution >= 0.6 is 0 Å². The number of furan rings is 1. The van der Waals surface area contributed by atoms with Crippen molar-refractivity contribution < 1.29 is 4.42 Å². The van der Waals surface area contributed by atoms with E-state index in [1.165, 1.54) is 61.2 Å². The summed E-state index contributed by atoms with van der Waals surface area (Å²) in [6, 6.07) is 56.7. The molecule has 59 heavy (non-hydrogen) atoms. The zero-order valence-electron chi connectivity index (χ0n) is 31.9. The lowest BCUT2D eigenvalue weighted by atomic mass is 9.87. The van der Waals surface area contributed by atoms with Gasteiger partial charge in [0.15, 0.2) is 0 Å². The van der Waals surface area contributed by atoms with Crippen LogP contribution in [0.1, 0.15) is 34.6 Å². The van der Waals surface area contributed by atoms with Crippen molar-refractivity contribution in [1.29, 1.82) is 0 Å². The van der Waals surface area contributed by atoms with Gasteiger partial charge in [-0.25, -0.2) is 4.98 Å². The number of hydrogen-bond donors (Lipinski definition) is 0. The molecular formula is C55H33N3O. The third kappa shape index (κ3) is 4.64. The second-order valence-electron chi connectivity index (χ2n) is 15.6. The molecule has 4 heteroatoms. The first-order valence-electron chi connectivity index (χ1n) is 20.3. The zero-order chi connectivity index (χ0) is 38.6. The summed E-state index contributed by atoms with van der Waals surface area (Å²) in [7, 11) is 0. The maximum absolute atomic E-state index is 6.38. The van der Waals surface area contributed by atoms with Gasteiger partial charge in [-0.15, -0.1) is 0 Å². The number of allylic oxidation sites excluding steroid dienone is 1. The molecule has 4 heterocycles. The molecule has 4 nitrogen and oxygen atoms in total. The SMILES string of the molecule is C1=C=C(c2cccc3c2-n2c4c(c5cc(-c6ccc(-c7nc8ccccc8n7-c7ccccc7)cc6)cc(c52)-c2ccccc2-3)C=CCC4)c2c(oc3ccccc23)C=1. The summed E-state index contributed by atoms with van der Waals surface area (Å²) in [6.07, 6.45) is 8.54. The summed E-state index contributed by atoms with van der Waals surface area (Å²) < 4.78 is 11.2. The molecule has 7 aromatic carbocycles. The van der Waals surface area contributed by atoms with Gasteiger partial charge in [-0.1, -0.05) is 139 Å². The van der Waals surface area contributed by atoms with Gasteiger partial charge < -0.3 is 8.98 Å². The van der Waals surface area contributed by atoms with Gasteiger partial charge in [0, 0.05) is 67.2 Å². The highest BCUT2D eigenvalue weighted by molar-refractivity contribution is 6.11. The molecule has 2 aliphatic carbocycles. The van der Waals surface area contributed by atoms with Crippen molar-refractivity contribution in [2.24, 2.45) is 0 Å². The number of hydrogen-bond acceptors (Lipinski definition) is 2. The maximum Gasteiger partial charge on any atom is 0.145 e. The summed E-state index contributed by atoms with van der Waals surface area (Å²) in [6.45, 7) is 0. The van der Waals surface area contributed by atoms with Crippen molar-refractivity contribution in [3.05, 3.63) is 203 Å². The van der Waals surface area contributed by atoms with E-state index < -0.39 is 0 Å². The van der Waals surface area contributed by atoms with Crippen LogP contribution in [0, 0.1) is 0 Å². The van der Waals surface area contributed by atoms with Gasteiger partial charge in [0.25, 0.3) is 0 Å². The molecule has 3 aromatic heterocycles. The topological polar surface area (TPSA) is 35.9 Å². The molecule has 0 saturated heterocycles. The number of fused-ring (bicyclic) bond motifs is 12. The highest BCUT2D eigenvalue weighted by Gasteiger charge is 2.31. The molecule has 3 aliphatic rings. The fraction of sp³-hybridized carbons (Fsp3) is 0.0364. The van der Waals surface area contributed by atoms with E-state index in [2.05, 4.69) is 178 Å².